The van der Waals surface area contributed by atoms with E-state index in [1.807, 2.05) is 14.0 Å². The number of halogens is 1. The Kier molecular flexibility index (Phi) is 9.16. The number of fused-ring (bicyclic) bond motifs is 3. The molecule has 0 unspecified atom stereocenters. The monoisotopic (exact) mass is 485 g/mol. The highest BCUT2D eigenvalue weighted by atomic mass is 35.5. The van der Waals surface area contributed by atoms with E-state index in [0.29, 0.717) is 26.0 Å². The summed E-state index contributed by atoms with van der Waals surface area (Å²) in [6.45, 7) is 8.56. The molecule has 0 bridgehead atoms. The smallest absolute Gasteiger partial charge is 0.330 e. The van der Waals surface area contributed by atoms with E-state index in [0.717, 1.165) is 31.1 Å². The summed E-state index contributed by atoms with van der Waals surface area (Å²) in [7, 11) is 1.81. The number of hydrogen-bond donors (Lipinski definition) is 2. The van der Waals surface area contributed by atoms with Gasteiger partial charge in [-0.15, -0.1) is 12.4 Å². The normalized spacial score (nSPS) is 41.2. The van der Waals surface area contributed by atoms with E-state index in [-0.39, 0.29) is 53.4 Å². The van der Waals surface area contributed by atoms with Crippen LogP contribution in [-0.4, -0.2) is 55.7 Å². The molecule has 0 spiro atoms. The van der Waals surface area contributed by atoms with Crippen LogP contribution in [0.4, 0.5) is 0 Å². The minimum Gasteiger partial charge on any atom is -0.462 e. The first-order chi connectivity index (χ1) is 15.1. The highest BCUT2D eigenvalue weighted by molar-refractivity contribution is 5.85. The van der Waals surface area contributed by atoms with Gasteiger partial charge in [0.2, 0.25) is 0 Å². The van der Waals surface area contributed by atoms with Crippen molar-refractivity contribution in [1.82, 2.24) is 5.32 Å². The molecule has 188 valence electrons. The summed E-state index contributed by atoms with van der Waals surface area (Å²) in [5, 5.41) is 14.2. The molecule has 3 fully saturated rings. The third kappa shape index (κ3) is 5.15. The van der Waals surface area contributed by atoms with E-state index in [2.05, 4.69) is 19.2 Å². The quantitative estimate of drug-likeness (QED) is 0.258. The molecule has 8 heteroatoms. The Labute approximate surface area is 203 Å². The molecule has 0 aromatic rings. The SMILES string of the molecule is CNCCOC(=O)/C=C1\CC[C@H]2[C@@H]([C@@H](O)C[C@H]3[C@@](C)(C=O)[C@@H](OC(C)=O)CC[C@]23C)[C@H]1C.Cl. The third-order valence-corrected chi connectivity index (χ3v) is 8.79. The lowest BCUT2D eigenvalue weighted by molar-refractivity contribution is -0.202. The van der Waals surface area contributed by atoms with Crippen LogP contribution in [0.1, 0.15) is 59.8 Å². The molecule has 33 heavy (non-hydrogen) atoms. The van der Waals surface area contributed by atoms with Crippen LogP contribution in [0.3, 0.4) is 0 Å². The molecule has 3 saturated carbocycles. The van der Waals surface area contributed by atoms with Crippen molar-refractivity contribution in [3.05, 3.63) is 11.6 Å². The second kappa shape index (κ2) is 10.9. The number of aliphatic hydroxyl groups is 1. The Morgan fingerprint density at radius 1 is 1.27 bits per heavy atom. The molecule has 3 rings (SSSR count). The Hall–Kier alpha value is -1.44. The highest BCUT2D eigenvalue weighted by Gasteiger charge is 2.63. The molecule has 0 aromatic heterocycles. The maximum Gasteiger partial charge on any atom is 0.330 e. The van der Waals surface area contributed by atoms with Gasteiger partial charge in [0.05, 0.1) is 11.5 Å². The zero-order chi connectivity index (χ0) is 23.7. The lowest BCUT2D eigenvalue weighted by Gasteiger charge is -2.63. The number of allylic oxidation sites excluding steroid dienone is 1. The second-order valence-electron chi connectivity index (χ2n) is 10.5. The van der Waals surface area contributed by atoms with E-state index < -0.39 is 17.6 Å². The molecule has 0 saturated heterocycles. The number of likely N-dealkylation sites (N-methyl/N-ethyl adjacent to an activating group) is 1. The number of ether oxygens (including phenoxy) is 2. The van der Waals surface area contributed by atoms with Gasteiger partial charge in [-0.25, -0.2) is 4.79 Å². The first-order valence-electron chi connectivity index (χ1n) is 11.9. The number of esters is 2. The van der Waals surface area contributed by atoms with Gasteiger partial charge in [-0.2, -0.15) is 0 Å². The molecule has 3 aliphatic rings. The summed E-state index contributed by atoms with van der Waals surface area (Å²) in [5.41, 5.74) is 0.0817. The maximum atomic E-state index is 12.3. The summed E-state index contributed by atoms with van der Waals surface area (Å²) >= 11 is 0. The van der Waals surface area contributed by atoms with Gasteiger partial charge < -0.3 is 24.7 Å². The van der Waals surface area contributed by atoms with Crippen LogP contribution in [-0.2, 0) is 23.9 Å². The molecule has 8 atom stereocenters. The van der Waals surface area contributed by atoms with Crippen molar-refractivity contribution in [2.24, 2.45) is 34.5 Å². The second-order valence-corrected chi connectivity index (χ2v) is 10.5. The lowest BCUT2D eigenvalue weighted by atomic mass is 9.42. The molecule has 0 aliphatic heterocycles. The van der Waals surface area contributed by atoms with Gasteiger partial charge in [-0.3, -0.25) is 4.79 Å². The standard InChI is InChI=1S/C25H39NO6.ClH/c1-15-17(12-22(30)31-11-10-26-5)6-7-18-23(15)19(29)13-20-24(18,3)9-8-21(32-16(2)28)25(20,4)14-27;/h12,14-15,18-21,23,26,29H,6-11,13H2,1-5H3;1H/b17-12+;/t15-,18-,19-,20+,21-,23-,24+,25+;/m0./s1. The highest BCUT2D eigenvalue weighted by Crippen LogP contribution is 2.65. The molecule has 0 aromatic carbocycles. The van der Waals surface area contributed by atoms with E-state index in [9.17, 15) is 19.5 Å². The molecule has 0 radical (unpaired) electrons. The van der Waals surface area contributed by atoms with Crippen molar-refractivity contribution in [2.45, 2.75) is 72.0 Å². The first kappa shape index (κ1) is 27.8. The van der Waals surface area contributed by atoms with E-state index in [4.69, 9.17) is 9.47 Å². The summed E-state index contributed by atoms with van der Waals surface area (Å²) in [4.78, 5) is 36.3. The molecular weight excluding hydrogens is 446 g/mol. The van der Waals surface area contributed by atoms with Gasteiger partial charge in [-0.1, -0.05) is 19.4 Å². The Balaban J connectivity index is 0.00000385. The largest absolute Gasteiger partial charge is 0.462 e. The van der Waals surface area contributed by atoms with Crippen molar-refractivity contribution in [3.63, 3.8) is 0 Å². The van der Waals surface area contributed by atoms with Gasteiger partial charge in [-0.05, 0) is 75.2 Å². The summed E-state index contributed by atoms with van der Waals surface area (Å²) in [5.74, 6) is -0.434. The van der Waals surface area contributed by atoms with Gasteiger partial charge >= 0.3 is 11.9 Å². The van der Waals surface area contributed by atoms with Gasteiger partial charge in [0.25, 0.3) is 0 Å². The number of nitrogens with one attached hydrogen (secondary N) is 1. The van der Waals surface area contributed by atoms with Crippen molar-refractivity contribution < 1.29 is 29.0 Å². The average molecular weight is 486 g/mol. The van der Waals surface area contributed by atoms with Gasteiger partial charge in [0.15, 0.2) is 0 Å². The lowest BCUT2D eigenvalue weighted by Crippen LogP contribution is -2.62. The van der Waals surface area contributed by atoms with E-state index >= 15 is 0 Å². The van der Waals surface area contributed by atoms with E-state index in [1.165, 1.54) is 6.92 Å². The van der Waals surface area contributed by atoms with E-state index in [1.54, 1.807) is 6.08 Å². The third-order valence-electron chi connectivity index (χ3n) is 8.79. The maximum absolute atomic E-state index is 12.3. The van der Waals surface area contributed by atoms with Crippen LogP contribution < -0.4 is 5.32 Å². The number of aliphatic hydroxyl groups excluding tert-OH is 1. The number of carbonyl (C=O) groups excluding carboxylic acids is 3. The van der Waals surface area contributed by atoms with Crippen LogP contribution in [0.5, 0.6) is 0 Å². The zero-order valence-electron chi connectivity index (χ0n) is 20.5. The van der Waals surface area contributed by atoms with Crippen LogP contribution >= 0.6 is 12.4 Å². The predicted octanol–water partition coefficient (Wildman–Crippen LogP) is 3.08. The van der Waals surface area contributed by atoms with Crippen molar-refractivity contribution >= 4 is 30.6 Å². The zero-order valence-corrected chi connectivity index (χ0v) is 21.3. The van der Waals surface area contributed by atoms with Gasteiger partial charge in [0.1, 0.15) is 19.0 Å². The van der Waals surface area contributed by atoms with Crippen molar-refractivity contribution in [1.29, 1.82) is 0 Å². The van der Waals surface area contributed by atoms with Crippen LogP contribution in [0, 0.1) is 34.5 Å². The fourth-order valence-electron chi connectivity index (χ4n) is 7.13. The predicted molar refractivity (Wildman–Crippen MR) is 127 cm³/mol. The van der Waals surface area contributed by atoms with Crippen molar-refractivity contribution in [3.8, 4) is 0 Å². The Bertz CT molecular complexity index is 772. The molecular formula is C25H40ClNO6. The van der Waals surface area contributed by atoms with Crippen molar-refractivity contribution in [2.75, 3.05) is 20.2 Å². The summed E-state index contributed by atoms with van der Waals surface area (Å²) in [6, 6.07) is 0. The van der Waals surface area contributed by atoms with Crippen LogP contribution in [0.25, 0.3) is 0 Å². The Morgan fingerprint density at radius 2 is 1.97 bits per heavy atom. The van der Waals surface area contributed by atoms with Gasteiger partial charge in [0, 0.05) is 19.5 Å². The van der Waals surface area contributed by atoms with Crippen LogP contribution in [0.2, 0.25) is 0 Å². The fourth-order valence-corrected chi connectivity index (χ4v) is 7.13. The molecule has 7 nitrogen and oxygen atoms in total. The number of aldehydes is 1. The summed E-state index contributed by atoms with van der Waals surface area (Å²) in [6.07, 6.45) is 5.18. The molecule has 0 amide bonds. The fraction of sp³-hybridized carbons (Fsp3) is 0.800. The minimum atomic E-state index is -0.818. The summed E-state index contributed by atoms with van der Waals surface area (Å²) < 4.78 is 10.8. The minimum absolute atomic E-state index is 0. The number of rotatable bonds is 6. The molecule has 2 N–H and O–H groups in total. The van der Waals surface area contributed by atoms with Crippen LogP contribution in [0.15, 0.2) is 11.6 Å². The number of hydrogen-bond acceptors (Lipinski definition) is 7. The first-order valence-corrected chi connectivity index (χ1v) is 11.9. The average Bonchev–Trinajstić information content (AvgIpc) is 2.74. The molecule has 0 heterocycles. The topological polar surface area (TPSA) is 102 Å². The number of carbonyl (C=O) groups is 3. The molecule has 3 aliphatic carbocycles. The Morgan fingerprint density at radius 3 is 2.58 bits per heavy atom.